The topological polar surface area (TPSA) is 50.2 Å². The molecule has 0 aliphatic heterocycles. The lowest BCUT2D eigenvalue weighted by atomic mass is 9.91. The summed E-state index contributed by atoms with van der Waals surface area (Å²) in [6, 6.07) is 9.26. The third kappa shape index (κ3) is 1.81. The van der Waals surface area contributed by atoms with Gasteiger partial charge in [0.1, 0.15) is 5.60 Å². The minimum atomic E-state index is -1.15. The summed E-state index contributed by atoms with van der Waals surface area (Å²) >= 11 is 0. The molecule has 1 aromatic heterocycles. The SMILES string of the molecule is O=C(c1ccc2cccnc2c1)C1(O)CCCC1. The number of aromatic nitrogens is 1. The minimum absolute atomic E-state index is 0.160. The molecule has 0 spiro atoms. The van der Waals surface area contributed by atoms with Gasteiger partial charge >= 0.3 is 0 Å². The van der Waals surface area contributed by atoms with Gasteiger partial charge in [0.05, 0.1) is 5.52 Å². The highest BCUT2D eigenvalue weighted by molar-refractivity contribution is 6.04. The van der Waals surface area contributed by atoms with Crippen LogP contribution in [-0.4, -0.2) is 21.5 Å². The van der Waals surface area contributed by atoms with E-state index in [-0.39, 0.29) is 5.78 Å². The van der Waals surface area contributed by atoms with Gasteiger partial charge in [-0.05, 0) is 37.8 Å². The fourth-order valence-corrected chi connectivity index (χ4v) is 2.66. The normalized spacial score (nSPS) is 18.1. The van der Waals surface area contributed by atoms with Gasteiger partial charge in [-0.1, -0.05) is 18.2 Å². The lowest BCUT2D eigenvalue weighted by Crippen LogP contribution is -2.35. The Balaban J connectivity index is 2.01. The van der Waals surface area contributed by atoms with Gasteiger partial charge in [0.25, 0.3) is 0 Å². The number of Topliss-reactive ketones (excluding diaryl/α,β-unsaturated/α-hetero) is 1. The molecule has 1 saturated carbocycles. The van der Waals surface area contributed by atoms with E-state index in [1.165, 1.54) is 0 Å². The minimum Gasteiger partial charge on any atom is -0.382 e. The van der Waals surface area contributed by atoms with Crippen LogP contribution in [0.15, 0.2) is 36.5 Å². The van der Waals surface area contributed by atoms with Gasteiger partial charge in [-0.15, -0.1) is 0 Å². The second kappa shape index (κ2) is 4.18. The van der Waals surface area contributed by atoms with Crippen molar-refractivity contribution in [2.45, 2.75) is 31.3 Å². The first-order valence-electron chi connectivity index (χ1n) is 6.31. The molecule has 0 radical (unpaired) electrons. The Morgan fingerprint density at radius 2 is 2.00 bits per heavy atom. The van der Waals surface area contributed by atoms with Crippen molar-refractivity contribution >= 4 is 16.7 Å². The van der Waals surface area contributed by atoms with Crippen LogP contribution in [0.5, 0.6) is 0 Å². The molecule has 2 aromatic rings. The number of carbonyl (C=O) groups is 1. The van der Waals surface area contributed by atoms with Crippen LogP contribution in [0, 0.1) is 0 Å². The number of hydrogen-bond donors (Lipinski definition) is 1. The Kier molecular flexibility index (Phi) is 2.63. The number of benzene rings is 1. The molecular formula is C15H15NO2. The first-order valence-corrected chi connectivity index (χ1v) is 6.31. The van der Waals surface area contributed by atoms with Crippen LogP contribution in [0.2, 0.25) is 0 Å². The van der Waals surface area contributed by atoms with E-state index in [1.807, 2.05) is 18.2 Å². The van der Waals surface area contributed by atoms with Crippen molar-refractivity contribution in [1.29, 1.82) is 0 Å². The lowest BCUT2D eigenvalue weighted by Gasteiger charge is -2.20. The van der Waals surface area contributed by atoms with Crippen molar-refractivity contribution in [3.8, 4) is 0 Å². The van der Waals surface area contributed by atoms with Crippen LogP contribution in [0.3, 0.4) is 0 Å². The molecule has 3 nitrogen and oxygen atoms in total. The van der Waals surface area contributed by atoms with Crippen LogP contribution in [0.25, 0.3) is 10.9 Å². The Hall–Kier alpha value is -1.74. The van der Waals surface area contributed by atoms with Crippen LogP contribution in [0.1, 0.15) is 36.0 Å². The van der Waals surface area contributed by atoms with E-state index in [4.69, 9.17) is 0 Å². The summed E-state index contributed by atoms with van der Waals surface area (Å²) in [5, 5.41) is 11.3. The zero-order valence-corrected chi connectivity index (χ0v) is 10.1. The van der Waals surface area contributed by atoms with Gasteiger partial charge in [-0.2, -0.15) is 0 Å². The monoisotopic (exact) mass is 241 g/mol. The van der Waals surface area contributed by atoms with E-state index in [9.17, 15) is 9.90 Å². The predicted molar refractivity (Wildman–Crippen MR) is 69.5 cm³/mol. The molecule has 3 heteroatoms. The number of fused-ring (bicyclic) bond motifs is 1. The number of hydrogen-bond acceptors (Lipinski definition) is 3. The average molecular weight is 241 g/mol. The summed E-state index contributed by atoms with van der Waals surface area (Å²) in [6.45, 7) is 0. The van der Waals surface area contributed by atoms with E-state index in [1.54, 1.807) is 18.3 Å². The van der Waals surface area contributed by atoms with Crippen molar-refractivity contribution in [3.05, 3.63) is 42.1 Å². The zero-order chi connectivity index (χ0) is 12.6. The fourth-order valence-electron chi connectivity index (χ4n) is 2.66. The standard InChI is InChI=1S/C15H15NO2/c17-14(15(18)7-1-2-8-15)12-6-5-11-4-3-9-16-13(11)10-12/h3-6,9-10,18H,1-2,7-8H2. The zero-order valence-electron chi connectivity index (χ0n) is 10.1. The van der Waals surface area contributed by atoms with Crippen molar-refractivity contribution in [2.24, 2.45) is 0 Å². The molecule has 0 saturated heterocycles. The maximum Gasteiger partial charge on any atom is 0.194 e. The van der Waals surface area contributed by atoms with E-state index < -0.39 is 5.60 Å². The second-order valence-corrected chi connectivity index (χ2v) is 4.98. The lowest BCUT2D eigenvalue weighted by molar-refractivity contribution is 0.0353. The molecule has 1 N–H and O–H groups in total. The molecule has 92 valence electrons. The second-order valence-electron chi connectivity index (χ2n) is 4.98. The van der Waals surface area contributed by atoms with Gasteiger partial charge in [-0.3, -0.25) is 9.78 Å². The third-order valence-corrected chi connectivity index (χ3v) is 3.72. The van der Waals surface area contributed by atoms with Crippen LogP contribution in [0.4, 0.5) is 0 Å². The van der Waals surface area contributed by atoms with Gasteiger partial charge in [0.15, 0.2) is 5.78 Å². The first-order chi connectivity index (χ1) is 8.69. The average Bonchev–Trinajstić information content (AvgIpc) is 2.85. The molecule has 1 aliphatic carbocycles. The highest BCUT2D eigenvalue weighted by Gasteiger charge is 2.39. The number of ketones is 1. The molecular weight excluding hydrogens is 226 g/mol. The third-order valence-electron chi connectivity index (χ3n) is 3.72. The molecule has 0 unspecified atom stereocenters. The number of pyridine rings is 1. The molecule has 0 bridgehead atoms. The number of nitrogens with zero attached hydrogens (tertiary/aromatic N) is 1. The van der Waals surface area contributed by atoms with Crippen LogP contribution in [-0.2, 0) is 0 Å². The van der Waals surface area contributed by atoms with Crippen LogP contribution < -0.4 is 0 Å². The van der Waals surface area contributed by atoms with Gasteiger partial charge in [0, 0.05) is 17.1 Å². The molecule has 3 rings (SSSR count). The van der Waals surface area contributed by atoms with E-state index in [0.29, 0.717) is 18.4 Å². The number of rotatable bonds is 2. The highest BCUT2D eigenvalue weighted by Crippen LogP contribution is 2.32. The molecule has 1 heterocycles. The van der Waals surface area contributed by atoms with Crippen molar-refractivity contribution in [3.63, 3.8) is 0 Å². The largest absolute Gasteiger partial charge is 0.382 e. The Morgan fingerprint density at radius 3 is 2.78 bits per heavy atom. The van der Waals surface area contributed by atoms with Gasteiger partial charge in [0.2, 0.25) is 0 Å². The van der Waals surface area contributed by atoms with E-state index in [0.717, 1.165) is 23.7 Å². The van der Waals surface area contributed by atoms with Crippen molar-refractivity contribution < 1.29 is 9.90 Å². The quantitative estimate of drug-likeness (QED) is 0.822. The summed E-state index contributed by atoms with van der Waals surface area (Å²) in [5.41, 5.74) is 0.207. The van der Waals surface area contributed by atoms with Crippen molar-refractivity contribution in [1.82, 2.24) is 4.98 Å². The molecule has 1 aromatic carbocycles. The van der Waals surface area contributed by atoms with Crippen molar-refractivity contribution in [2.75, 3.05) is 0 Å². The Labute approximate surface area is 105 Å². The summed E-state index contributed by atoms with van der Waals surface area (Å²) in [7, 11) is 0. The Bertz CT molecular complexity index is 600. The number of carbonyl (C=O) groups excluding carboxylic acids is 1. The predicted octanol–water partition coefficient (Wildman–Crippen LogP) is 2.72. The van der Waals surface area contributed by atoms with Crippen LogP contribution >= 0.6 is 0 Å². The maximum atomic E-state index is 12.3. The summed E-state index contributed by atoms with van der Waals surface area (Å²) in [6.07, 6.45) is 4.71. The molecule has 1 aliphatic rings. The molecule has 18 heavy (non-hydrogen) atoms. The first kappa shape index (κ1) is 11.4. The molecule has 0 atom stereocenters. The van der Waals surface area contributed by atoms with E-state index >= 15 is 0 Å². The van der Waals surface area contributed by atoms with E-state index in [2.05, 4.69) is 4.98 Å². The Morgan fingerprint density at radius 1 is 1.22 bits per heavy atom. The highest BCUT2D eigenvalue weighted by atomic mass is 16.3. The molecule has 0 amide bonds. The van der Waals surface area contributed by atoms with Gasteiger partial charge < -0.3 is 5.11 Å². The summed E-state index contributed by atoms with van der Waals surface area (Å²) in [4.78, 5) is 16.6. The smallest absolute Gasteiger partial charge is 0.194 e. The molecule has 1 fully saturated rings. The fraction of sp³-hybridized carbons (Fsp3) is 0.333. The summed E-state index contributed by atoms with van der Waals surface area (Å²) < 4.78 is 0. The maximum absolute atomic E-state index is 12.3. The number of aliphatic hydroxyl groups is 1. The summed E-state index contributed by atoms with van der Waals surface area (Å²) in [5.74, 6) is -0.160. The van der Waals surface area contributed by atoms with Gasteiger partial charge in [-0.25, -0.2) is 0 Å².